The summed E-state index contributed by atoms with van der Waals surface area (Å²) in [5.74, 6) is -0.901. The highest BCUT2D eigenvalue weighted by atomic mass is 16.6. The lowest BCUT2D eigenvalue weighted by Gasteiger charge is -2.21. The first-order valence-corrected chi connectivity index (χ1v) is 9.30. The van der Waals surface area contributed by atoms with E-state index >= 15 is 0 Å². The number of carbonyl (C=O) groups is 2. The lowest BCUT2D eigenvalue weighted by Crippen LogP contribution is -2.27. The van der Waals surface area contributed by atoms with Crippen LogP contribution in [0.3, 0.4) is 0 Å². The quantitative estimate of drug-likeness (QED) is 0.440. The summed E-state index contributed by atoms with van der Waals surface area (Å²) in [5.41, 5.74) is 2.45. The van der Waals surface area contributed by atoms with E-state index in [0.717, 1.165) is 23.7 Å². The van der Waals surface area contributed by atoms with Crippen molar-refractivity contribution in [3.8, 4) is 0 Å². The van der Waals surface area contributed by atoms with Crippen LogP contribution in [0.1, 0.15) is 19.4 Å². The molecule has 0 aliphatic carbocycles. The van der Waals surface area contributed by atoms with E-state index in [9.17, 15) is 19.7 Å². The van der Waals surface area contributed by atoms with E-state index in [0.29, 0.717) is 11.3 Å². The number of nitro groups is 1. The Hall–Kier alpha value is -3.68. The molecule has 2 aromatic carbocycles. The fourth-order valence-corrected chi connectivity index (χ4v) is 3.26. The fraction of sp³-hybridized carbons (Fsp3) is 0.238. The molecule has 150 valence electrons. The van der Waals surface area contributed by atoms with Gasteiger partial charge in [-0.25, -0.2) is 0 Å². The van der Waals surface area contributed by atoms with Crippen molar-refractivity contribution in [2.24, 2.45) is 0 Å². The van der Waals surface area contributed by atoms with Gasteiger partial charge in [0.1, 0.15) is 5.70 Å². The van der Waals surface area contributed by atoms with Crippen LogP contribution in [0.2, 0.25) is 0 Å². The molecule has 1 aliphatic heterocycles. The number of anilines is 2. The molecule has 0 bridgehead atoms. The predicted molar refractivity (Wildman–Crippen MR) is 111 cm³/mol. The number of rotatable bonds is 7. The molecule has 29 heavy (non-hydrogen) atoms. The summed E-state index contributed by atoms with van der Waals surface area (Å²) in [5, 5.41) is 13.9. The Bertz CT molecular complexity index is 977. The van der Waals surface area contributed by atoms with Crippen LogP contribution in [0.5, 0.6) is 0 Å². The summed E-state index contributed by atoms with van der Waals surface area (Å²) >= 11 is 0. The molecule has 0 spiro atoms. The molecule has 1 aliphatic rings. The summed E-state index contributed by atoms with van der Waals surface area (Å²) in [6.45, 7) is 5.93. The largest absolute Gasteiger partial charge is 0.372 e. The van der Waals surface area contributed by atoms with Crippen molar-refractivity contribution in [3.63, 3.8) is 0 Å². The Balaban J connectivity index is 1.96. The Morgan fingerprint density at radius 3 is 2.07 bits per heavy atom. The van der Waals surface area contributed by atoms with Crippen molar-refractivity contribution >= 4 is 34.4 Å². The molecule has 0 fully saturated rings. The van der Waals surface area contributed by atoms with Crippen LogP contribution in [-0.2, 0) is 9.59 Å². The third-order valence-corrected chi connectivity index (χ3v) is 4.92. The number of hydrogen-bond donors (Lipinski definition) is 1. The van der Waals surface area contributed by atoms with E-state index in [1.807, 2.05) is 24.3 Å². The van der Waals surface area contributed by atoms with Crippen molar-refractivity contribution < 1.29 is 14.5 Å². The molecule has 2 aromatic rings. The van der Waals surface area contributed by atoms with Gasteiger partial charge in [0.05, 0.1) is 10.5 Å². The van der Waals surface area contributed by atoms with Crippen LogP contribution in [-0.4, -0.2) is 41.8 Å². The van der Waals surface area contributed by atoms with Crippen LogP contribution < -0.4 is 10.2 Å². The van der Waals surface area contributed by atoms with Gasteiger partial charge in [0.25, 0.3) is 17.5 Å². The molecule has 0 atom stereocenters. The highest BCUT2D eigenvalue weighted by Gasteiger charge is 2.36. The number of likely N-dealkylation sites (N-methyl/N-ethyl adjacent to an activating group) is 1. The summed E-state index contributed by atoms with van der Waals surface area (Å²) in [4.78, 5) is 38.8. The summed E-state index contributed by atoms with van der Waals surface area (Å²) in [6.07, 6.45) is 0. The fourth-order valence-electron chi connectivity index (χ4n) is 3.26. The normalized spacial score (nSPS) is 13.8. The number of hydrogen-bond acceptors (Lipinski definition) is 6. The minimum absolute atomic E-state index is 0.0824. The van der Waals surface area contributed by atoms with Crippen LogP contribution in [0.25, 0.3) is 5.57 Å². The first-order valence-electron chi connectivity index (χ1n) is 9.30. The molecule has 0 radical (unpaired) electrons. The minimum atomic E-state index is -0.511. The van der Waals surface area contributed by atoms with Crippen molar-refractivity contribution in [1.29, 1.82) is 0 Å². The average molecular weight is 394 g/mol. The molecule has 3 rings (SSSR count). The van der Waals surface area contributed by atoms with Crippen molar-refractivity contribution in [2.75, 3.05) is 30.4 Å². The maximum Gasteiger partial charge on any atom is 0.277 e. The van der Waals surface area contributed by atoms with Gasteiger partial charge < -0.3 is 10.2 Å². The SMILES string of the molecule is CCN(CC)c1ccc(NC2=C(c3ccc([N+](=O)[O-])cc3)C(=O)N(C)C2=O)cc1. The maximum atomic E-state index is 12.6. The van der Waals surface area contributed by atoms with Gasteiger partial charge >= 0.3 is 0 Å². The number of amides is 2. The predicted octanol–water partition coefficient (Wildman–Crippen LogP) is 3.26. The van der Waals surface area contributed by atoms with Gasteiger partial charge in [-0.05, 0) is 55.8 Å². The standard InChI is InChI=1S/C21H22N4O4/c1-4-24(5-2)16-12-8-15(9-13-16)22-19-18(20(26)23(3)21(19)27)14-6-10-17(11-7-14)25(28)29/h6-13,22H,4-5H2,1-3H3. The van der Waals surface area contributed by atoms with Crippen LogP contribution in [0.15, 0.2) is 54.2 Å². The molecule has 1 heterocycles. The third kappa shape index (κ3) is 3.82. The molecule has 0 unspecified atom stereocenters. The van der Waals surface area contributed by atoms with Crippen LogP contribution in [0.4, 0.5) is 17.1 Å². The molecule has 0 aromatic heterocycles. The number of nitrogens with zero attached hydrogens (tertiary/aromatic N) is 3. The van der Waals surface area contributed by atoms with Gasteiger partial charge in [0.15, 0.2) is 0 Å². The van der Waals surface area contributed by atoms with Gasteiger partial charge in [0.2, 0.25) is 0 Å². The van der Waals surface area contributed by atoms with Gasteiger partial charge in [0, 0.05) is 43.6 Å². The smallest absolute Gasteiger partial charge is 0.277 e. The molecule has 0 saturated carbocycles. The topological polar surface area (TPSA) is 95.8 Å². The second kappa shape index (κ2) is 8.14. The van der Waals surface area contributed by atoms with Crippen molar-refractivity contribution in [2.45, 2.75) is 13.8 Å². The second-order valence-corrected chi connectivity index (χ2v) is 6.57. The van der Waals surface area contributed by atoms with Crippen molar-refractivity contribution in [3.05, 3.63) is 69.9 Å². The molecule has 8 nitrogen and oxygen atoms in total. The van der Waals surface area contributed by atoms with E-state index in [1.54, 1.807) is 0 Å². The van der Waals surface area contributed by atoms with Gasteiger partial charge in [-0.3, -0.25) is 24.6 Å². The summed E-state index contributed by atoms with van der Waals surface area (Å²) < 4.78 is 0. The first kappa shape index (κ1) is 20.1. The lowest BCUT2D eigenvalue weighted by molar-refractivity contribution is -0.384. The Kier molecular flexibility index (Phi) is 5.63. The Morgan fingerprint density at radius 2 is 1.55 bits per heavy atom. The highest BCUT2D eigenvalue weighted by molar-refractivity contribution is 6.36. The van der Waals surface area contributed by atoms with Gasteiger partial charge in [-0.15, -0.1) is 0 Å². The van der Waals surface area contributed by atoms with E-state index in [-0.39, 0.29) is 17.0 Å². The minimum Gasteiger partial charge on any atom is -0.372 e. The molecular weight excluding hydrogens is 372 g/mol. The number of non-ortho nitro benzene ring substituents is 1. The highest BCUT2D eigenvalue weighted by Crippen LogP contribution is 2.31. The monoisotopic (exact) mass is 394 g/mol. The number of nitrogens with one attached hydrogen (secondary N) is 1. The van der Waals surface area contributed by atoms with Gasteiger partial charge in [-0.1, -0.05) is 0 Å². The lowest BCUT2D eigenvalue weighted by atomic mass is 10.0. The zero-order chi connectivity index (χ0) is 21.1. The number of nitro benzene ring substituents is 1. The Morgan fingerprint density at radius 1 is 0.966 bits per heavy atom. The summed E-state index contributed by atoms with van der Waals surface area (Å²) in [6, 6.07) is 13.2. The summed E-state index contributed by atoms with van der Waals surface area (Å²) in [7, 11) is 1.41. The molecule has 1 N–H and O–H groups in total. The van der Waals surface area contributed by atoms with E-state index in [4.69, 9.17) is 0 Å². The molecular formula is C21H22N4O4. The van der Waals surface area contributed by atoms with Gasteiger partial charge in [-0.2, -0.15) is 0 Å². The zero-order valence-electron chi connectivity index (χ0n) is 16.5. The average Bonchev–Trinajstić information content (AvgIpc) is 2.94. The number of imide groups is 1. The van der Waals surface area contributed by atoms with E-state index < -0.39 is 16.7 Å². The first-order chi connectivity index (χ1) is 13.9. The molecule has 8 heteroatoms. The van der Waals surface area contributed by atoms with Crippen molar-refractivity contribution in [1.82, 2.24) is 4.90 Å². The zero-order valence-corrected chi connectivity index (χ0v) is 16.5. The van der Waals surface area contributed by atoms with Crippen LogP contribution >= 0.6 is 0 Å². The van der Waals surface area contributed by atoms with E-state index in [1.165, 1.54) is 31.3 Å². The molecule has 2 amide bonds. The maximum absolute atomic E-state index is 12.6. The molecule has 0 saturated heterocycles. The second-order valence-electron chi connectivity index (χ2n) is 6.57. The van der Waals surface area contributed by atoms with Crippen LogP contribution in [0, 0.1) is 10.1 Å². The van der Waals surface area contributed by atoms with E-state index in [2.05, 4.69) is 24.1 Å². The Labute approximate surface area is 168 Å². The number of benzene rings is 2. The third-order valence-electron chi connectivity index (χ3n) is 4.92. The number of carbonyl (C=O) groups excluding carboxylic acids is 2.